The number of hydrogen-bond acceptors (Lipinski definition) is 11. The van der Waals surface area contributed by atoms with Gasteiger partial charge in [-0.1, -0.05) is 26.8 Å². The first-order valence-electron chi connectivity index (χ1n) is 12.1. The lowest BCUT2D eigenvalue weighted by molar-refractivity contribution is -0.139. The summed E-state index contributed by atoms with van der Waals surface area (Å²) in [6.45, 7) is 10.2. The van der Waals surface area contributed by atoms with Crippen LogP contribution in [0, 0.1) is 5.92 Å². The molecule has 0 saturated carbocycles. The molecule has 5 atom stereocenters. The van der Waals surface area contributed by atoms with E-state index in [0.717, 1.165) is 0 Å². The number of aliphatic carboxylic acids is 1. The maximum absolute atomic E-state index is 12.3. The van der Waals surface area contributed by atoms with E-state index in [1.54, 1.807) is 27.7 Å². The lowest BCUT2D eigenvalue weighted by Gasteiger charge is -2.28. The minimum absolute atomic E-state index is 0.111. The van der Waals surface area contributed by atoms with Crippen LogP contribution < -0.4 is 15.2 Å². The molecule has 12 heteroatoms. The quantitative estimate of drug-likeness (QED) is 0.207. The minimum atomic E-state index is -1.41. The fourth-order valence-corrected chi connectivity index (χ4v) is 3.13. The molecule has 1 aromatic rings. The van der Waals surface area contributed by atoms with Crippen molar-refractivity contribution in [1.29, 1.82) is 0 Å². The molecule has 1 rings (SSSR count). The molecule has 0 aromatic heterocycles. The van der Waals surface area contributed by atoms with E-state index in [1.165, 1.54) is 18.2 Å². The van der Waals surface area contributed by atoms with Crippen molar-refractivity contribution >= 4 is 24.4 Å². The molecule has 0 bridgehead atoms. The van der Waals surface area contributed by atoms with Gasteiger partial charge < -0.3 is 39.3 Å². The molecule has 3 N–H and O–H groups in total. The van der Waals surface area contributed by atoms with Crippen LogP contribution in [-0.4, -0.2) is 61.0 Å². The number of ether oxygens (including phenoxy) is 6. The lowest BCUT2D eigenvalue weighted by Crippen LogP contribution is -2.40. The van der Waals surface area contributed by atoms with Gasteiger partial charge in [-0.05, 0) is 57.2 Å². The lowest BCUT2D eigenvalue weighted by atomic mass is 9.82. The highest BCUT2D eigenvalue weighted by atomic mass is 16.8. The van der Waals surface area contributed by atoms with Gasteiger partial charge in [-0.15, -0.1) is 0 Å². The predicted octanol–water partition coefficient (Wildman–Crippen LogP) is 4.62. The molecule has 0 amide bonds. The van der Waals surface area contributed by atoms with Crippen LogP contribution in [0.25, 0.3) is 0 Å². The number of carbonyl (C=O) groups is 4. The average Bonchev–Trinajstić information content (AvgIpc) is 2.84. The number of nitrogens with two attached hydrogens (primary N) is 1. The van der Waals surface area contributed by atoms with Crippen molar-refractivity contribution in [1.82, 2.24) is 0 Å². The molecule has 0 saturated heterocycles. The van der Waals surface area contributed by atoms with Gasteiger partial charge >= 0.3 is 24.4 Å². The molecule has 1 aromatic carbocycles. The molecule has 0 radical (unpaired) electrons. The van der Waals surface area contributed by atoms with Crippen molar-refractivity contribution in [3.8, 4) is 11.5 Å². The summed E-state index contributed by atoms with van der Waals surface area (Å²) in [5.74, 6) is -3.17. The van der Waals surface area contributed by atoms with Crippen LogP contribution in [0.5, 0.6) is 11.5 Å². The largest absolute Gasteiger partial charge is 0.514 e. The van der Waals surface area contributed by atoms with Crippen LogP contribution in [0.3, 0.4) is 0 Å². The Morgan fingerprint density at radius 2 is 1.38 bits per heavy atom. The Morgan fingerprint density at radius 3 is 1.86 bits per heavy atom. The van der Waals surface area contributed by atoms with Crippen LogP contribution >= 0.6 is 0 Å². The maximum atomic E-state index is 12.3. The van der Waals surface area contributed by atoms with Crippen LogP contribution in [0.2, 0.25) is 0 Å². The van der Waals surface area contributed by atoms with Crippen molar-refractivity contribution in [2.75, 3.05) is 13.2 Å². The highest BCUT2D eigenvalue weighted by Crippen LogP contribution is 2.36. The summed E-state index contributed by atoms with van der Waals surface area (Å²) in [5, 5.41) is 9.60. The number of hydrogen-bond donors (Lipinski definition) is 2. The average molecular weight is 528 g/mol. The van der Waals surface area contributed by atoms with E-state index < -0.39 is 54.5 Å². The van der Waals surface area contributed by atoms with Crippen molar-refractivity contribution < 1.29 is 52.7 Å². The second kappa shape index (κ2) is 15.5. The predicted molar refractivity (Wildman–Crippen MR) is 131 cm³/mol. The third-order valence-corrected chi connectivity index (χ3v) is 5.50. The smallest absolute Gasteiger partial charge is 0.480 e. The van der Waals surface area contributed by atoms with Gasteiger partial charge in [0, 0.05) is 5.92 Å². The standard InChI is InChI=1S/C25H37NO11/c1-7-15(5)34-24(30)36-18-11-10-17(12-19(18)37-25(31)35-16(6)8-2)20(21(26)22(27)28)14(4)13-33-23(29)32-9-3/h10-12,14-16,20-21H,7-9,13,26H2,1-6H3,(H,27,28)/t14?,15?,16?,20?,21-/m0/s1. The Morgan fingerprint density at radius 1 is 0.838 bits per heavy atom. The van der Waals surface area contributed by atoms with E-state index in [-0.39, 0.29) is 24.7 Å². The van der Waals surface area contributed by atoms with Gasteiger partial charge in [0.15, 0.2) is 11.5 Å². The molecule has 0 aliphatic rings. The third-order valence-electron chi connectivity index (χ3n) is 5.50. The normalized spacial score (nSPS) is 14.8. The monoisotopic (exact) mass is 527 g/mol. The Balaban J connectivity index is 3.36. The molecule has 37 heavy (non-hydrogen) atoms. The molecule has 0 heterocycles. The zero-order valence-corrected chi connectivity index (χ0v) is 22.1. The van der Waals surface area contributed by atoms with Crippen LogP contribution in [-0.2, 0) is 23.7 Å². The van der Waals surface area contributed by atoms with Gasteiger partial charge in [0.25, 0.3) is 0 Å². The number of carbonyl (C=O) groups excluding carboxylic acids is 3. The maximum Gasteiger partial charge on any atom is 0.514 e. The van der Waals surface area contributed by atoms with Gasteiger partial charge in [0.05, 0.1) is 13.2 Å². The summed E-state index contributed by atoms with van der Waals surface area (Å²) in [4.78, 5) is 47.9. The molecule has 0 fully saturated rings. The summed E-state index contributed by atoms with van der Waals surface area (Å²) >= 11 is 0. The fourth-order valence-electron chi connectivity index (χ4n) is 3.13. The molecular formula is C25H37NO11. The highest BCUT2D eigenvalue weighted by molar-refractivity contribution is 5.75. The first kappa shape index (κ1) is 31.5. The highest BCUT2D eigenvalue weighted by Gasteiger charge is 2.33. The Labute approximate surface area is 216 Å². The van der Waals surface area contributed by atoms with E-state index in [0.29, 0.717) is 18.4 Å². The second-order valence-corrected chi connectivity index (χ2v) is 8.44. The van der Waals surface area contributed by atoms with Crippen LogP contribution in [0.15, 0.2) is 18.2 Å². The summed E-state index contributed by atoms with van der Waals surface area (Å²) in [7, 11) is 0. The van der Waals surface area contributed by atoms with E-state index in [1.807, 2.05) is 13.8 Å². The van der Waals surface area contributed by atoms with Crippen molar-refractivity contribution in [3.63, 3.8) is 0 Å². The van der Waals surface area contributed by atoms with Crippen molar-refractivity contribution in [2.45, 2.75) is 78.6 Å². The summed E-state index contributed by atoms with van der Waals surface area (Å²) in [6, 6.07) is 2.69. The summed E-state index contributed by atoms with van der Waals surface area (Å²) in [6.07, 6.45) is -2.74. The minimum Gasteiger partial charge on any atom is -0.480 e. The zero-order chi connectivity index (χ0) is 28.1. The van der Waals surface area contributed by atoms with Gasteiger partial charge in [-0.2, -0.15) is 0 Å². The Bertz CT molecular complexity index is 920. The van der Waals surface area contributed by atoms with E-state index in [9.17, 15) is 24.3 Å². The second-order valence-electron chi connectivity index (χ2n) is 8.44. The number of rotatable bonds is 13. The van der Waals surface area contributed by atoms with Gasteiger partial charge in [0.1, 0.15) is 18.2 Å². The molecule has 208 valence electrons. The number of carboxylic acid groups (broad SMARTS) is 1. The van der Waals surface area contributed by atoms with Crippen LogP contribution in [0.4, 0.5) is 14.4 Å². The zero-order valence-electron chi connectivity index (χ0n) is 22.1. The fraction of sp³-hybridized carbons (Fsp3) is 0.600. The Hall–Kier alpha value is -3.54. The molecule has 0 aliphatic carbocycles. The van der Waals surface area contributed by atoms with Crippen molar-refractivity contribution in [2.24, 2.45) is 11.7 Å². The topological polar surface area (TPSA) is 170 Å². The SMILES string of the molecule is CCOC(=O)OCC(C)C(c1ccc(OC(=O)OC(C)CC)c(OC(=O)OC(C)CC)c1)[C@H](N)C(=O)O. The number of benzene rings is 1. The first-order chi connectivity index (χ1) is 17.4. The Kier molecular flexibility index (Phi) is 13.2. The molecule has 4 unspecified atom stereocenters. The summed E-state index contributed by atoms with van der Waals surface area (Å²) < 4.78 is 30.6. The van der Waals surface area contributed by atoms with E-state index in [2.05, 4.69) is 0 Å². The van der Waals surface area contributed by atoms with Gasteiger partial charge in [-0.3, -0.25) is 4.79 Å². The van der Waals surface area contributed by atoms with Gasteiger partial charge in [0.2, 0.25) is 0 Å². The molecular weight excluding hydrogens is 490 g/mol. The molecule has 0 aliphatic heterocycles. The van der Waals surface area contributed by atoms with E-state index in [4.69, 9.17) is 34.2 Å². The number of carboxylic acids is 1. The molecule has 12 nitrogen and oxygen atoms in total. The van der Waals surface area contributed by atoms with Crippen LogP contribution in [0.1, 0.15) is 65.9 Å². The van der Waals surface area contributed by atoms with Crippen molar-refractivity contribution in [3.05, 3.63) is 23.8 Å². The van der Waals surface area contributed by atoms with E-state index >= 15 is 0 Å². The first-order valence-corrected chi connectivity index (χ1v) is 12.1. The summed E-state index contributed by atoms with van der Waals surface area (Å²) in [5.41, 5.74) is 6.30. The molecule has 0 spiro atoms. The third kappa shape index (κ3) is 10.5. The van der Waals surface area contributed by atoms with Gasteiger partial charge in [-0.25, -0.2) is 14.4 Å².